The molecule has 1 aromatic heterocycles. The summed E-state index contributed by atoms with van der Waals surface area (Å²) in [5, 5.41) is 22.1. The molecule has 2 aromatic rings. The van der Waals surface area contributed by atoms with Crippen LogP contribution in [0.4, 0.5) is 18.0 Å². The van der Waals surface area contributed by atoms with Crippen molar-refractivity contribution in [3.63, 3.8) is 0 Å². The number of nitrogens with zero attached hydrogens (tertiary/aromatic N) is 1. The molecule has 0 saturated heterocycles. The topological polar surface area (TPSA) is 91.7 Å². The number of hydrogen-bond donors (Lipinski definition) is 3. The van der Waals surface area contributed by atoms with E-state index in [1.54, 1.807) is 24.3 Å². The fourth-order valence-corrected chi connectivity index (χ4v) is 2.08. The number of amides is 1. The fraction of sp³-hybridized carbons (Fsp3) is 0.294. The van der Waals surface area contributed by atoms with Gasteiger partial charge in [0, 0.05) is 12.7 Å². The van der Waals surface area contributed by atoms with Crippen molar-refractivity contribution >= 4 is 6.09 Å². The summed E-state index contributed by atoms with van der Waals surface area (Å²) in [4.78, 5) is 14.8. The quantitative estimate of drug-likeness (QED) is 0.726. The third-order valence-corrected chi connectivity index (χ3v) is 3.45. The van der Waals surface area contributed by atoms with Gasteiger partial charge in [-0.2, -0.15) is 13.2 Å². The van der Waals surface area contributed by atoms with Gasteiger partial charge >= 0.3 is 12.3 Å². The molecule has 0 aliphatic carbocycles. The van der Waals surface area contributed by atoms with Crippen molar-refractivity contribution in [2.75, 3.05) is 6.54 Å². The van der Waals surface area contributed by atoms with Crippen LogP contribution in [0.2, 0.25) is 0 Å². The van der Waals surface area contributed by atoms with Gasteiger partial charge in [0.25, 0.3) is 0 Å². The molecule has 0 radical (unpaired) electrons. The van der Waals surface area contributed by atoms with E-state index in [1.807, 2.05) is 6.07 Å². The van der Waals surface area contributed by atoms with Crippen LogP contribution in [-0.2, 0) is 17.5 Å². The molecule has 6 nitrogen and oxygen atoms in total. The van der Waals surface area contributed by atoms with Crippen molar-refractivity contribution in [3.05, 3.63) is 65.5 Å². The normalized spacial score (nSPS) is 13.7. The summed E-state index contributed by atoms with van der Waals surface area (Å²) in [6, 6.07) is 10.7. The third kappa shape index (κ3) is 5.71. The number of carbonyl (C=O) groups excluding carboxylic acids is 1. The lowest BCUT2D eigenvalue weighted by Crippen LogP contribution is -2.35. The van der Waals surface area contributed by atoms with Crippen molar-refractivity contribution < 1.29 is 32.9 Å². The van der Waals surface area contributed by atoms with Crippen LogP contribution in [0.5, 0.6) is 0 Å². The molecule has 0 aliphatic heterocycles. The maximum absolute atomic E-state index is 12.6. The minimum absolute atomic E-state index is 0.0185. The molecule has 0 saturated carbocycles. The number of pyridine rings is 1. The Morgan fingerprint density at radius 2 is 1.88 bits per heavy atom. The van der Waals surface area contributed by atoms with Crippen molar-refractivity contribution in [2.24, 2.45) is 0 Å². The predicted octanol–water partition coefficient (Wildman–Crippen LogP) is 2.42. The van der Waals surface area contributed by atoms with E-state index in [9.17, 15) is 28.2 Å². The van der Waals surface area contributed by atoms with Gasteiger partial charge < -0.3 is 20.3 Å². The average Bonchev–Trinajstić information content (AvgIpc) is 2.64. The first-order chi connectivity index (χ1) is 12.3. The molecule has 26 heavy (non-hydrogen) atoms. The number of aliphatic hydroxyl groups is 2. The molecule has 2 atom stereocenters. The number of aromatic nitrogens is 1. The molecular weight excluding hydrogens is 353 g/mol. The molecule has 0 aliphatic rings. The van der Waals surface area contributed by atoms with E-state index in [2.05, 4.69) is 10.3 Å². The molecule has 2 rings (SSSR count). The molecule has 0 bridgehead atoms. The van der Waals surface area contributed by atoms with Crippen LogP contribution in [-0.4, -0.2) is 33.9 Å². The predicted molar refractivity (Wildman–Crippen MR) is 84.8 cm³/mol. The second-order valence-electron chi connectivity index (χ2n) is 5.43. The molecule has 140 valence electrons. The van der Waals surface area contributed by atoms with Gasteiger partial charge in [0.15, 0.2) is 0 Å². The number of carbonyl (C=O) groups is 1. The van der Waals surface area contributed by atoms with Gasteiger partial charge in [0.2, 0.25) is 0 Å². The number of alkyl carbamates (subject to hydrolysis) is 1. The van der Waals surface area contributed by atoms with Crippen LogP contribution in [0, 0.1) is 0 Å². The molecule has 0 fully saturated rings. The van der Waals surface area contributed by atoms with E-state index in [0.29, 0.717) is 6.07 Å². The smallest absolute Gasteiger partial charge is 0.433 e. The number of hydrogen-bond acceptors (Lipinski definition) is 5. The summed E-state index contributed by atoms with van der Waals surface area (Å²) >= 11 is 0. The minimum Gasteiger partial charge on any atom is -0.445 e. The Hall–Kier alpha value is -2.65. The lowest BCUT2D eigenvalue weighted by molar-refractivity contribution is -0.141. The monoisotopic (exact) mass is 370 g/mol. The van der Waals surface area contributed by atoms with Gasteiger partial charge in [-0.15, -0.1) is 0 Å². The molecule has 1 aromatic carbocycles. The number of halogens is 3. The fourth-order valence-electron chi connectivity index (χ4n) is 2.08. The van der Waals surface area contributed by atoms with Gasteiger partial charge in [0.1, 0.15) is 24.5 Å². The molecule has 1 heterocycles. The lowest BCUT2D eigenvalue weighted by Gasteiger charge is -2.19. The Balaban J connectivity index is 1.85. The highest BCUT2D eigenvalue weighted by molar-refractivity contribution is 5.67. The van der Waals surface area contributed by atoms with Crippen LogP contribution in [0.3, 0.4) is 0 Å². The first-order valence-electron chi connectivity index (χ1n) is 7.61. The van der Waals surface area contributed by atoms with Gasteiger partial charge in [-0.3, -0.25) is 4.98 Å². The largest absolute Gasteiger partial charge is 0.445 e. The van der Waals surface area contributed by atoms with Crippen LogP contribution >= 0.6 is 0 Å². The van der Waals surface area contributed by atoms with E-state index in [0.717, 1.165) is 17.8 Å². The summed E-state index contributed by atoms with van der Waals surface area (Å²) in [6.07, 6.45) is -7.77. The number of alkyl halides is 3. The van der Waals surface area contributed by atoms with Crippen LogP contribution in [0.1, 0.15) is 22.9 Å². The molecule has 9 heteroatoms. The van der Waals surface area contributed by atoms with Crippen molar-refractivity contribution in [1.82, 2.24) is 10.3 Å². The zero-order valence-electron chi connectivity index (χ0n) is 13.5. The second-order valence-corrected chi connectivity index (χ2v) is 5.43. The number of nitrogens with one attached hydrogen (secondary N) is 1. The summed E-state index contributed by atoms with van der Waals surface area (Å²) < 4.78 is 42.8. The molecule has 2 unspecified atom stereocenters. The second kappa shape index (κ2) is 8.63. The lowest BCUT2D eigenvalue weighted by atomic mass is 10.0. The standard InChI is InChI=1S/C17H17F3N2O4/c18-17(19,20)14-8-12(6-7-21-14)15(24)13(23)9-22-16(25)26-10-11-4-2-1-3-5-11/h1-8,13,15,23-24H,9-10H2,(H,22,25). The summed E-state index contributed by atoms with van der Waals surface area (Å²) in [5.74, 6) is 0. The van der Waals surface area contributed by atoms with E-state index in [4.69, 9.17) is 4.74 Å². The Bertz CT molecular complexity index is 725. The van der Waals surface area contributed by atoms with Crippen LogP contribution in [0.25, 0.3) is 0 Å². The number of benzene rings is 1. The minimum atomic E-state index is -4.67. The maximum Gasteiger partial charge on any atom is 0.433 e. The zero-order valence-corrected chi connectivity index (χ0v) is 13.5. The molecule has 0 spiro atoms. The first kappa shape index (κ1) is 19.7. The SMILES string of the molecule is O=C(NCC(O)C(O)c1ccnc(C(F)(F)F)c1)OCc1ccccc1. The number of ether oxygens (including phenoxy) is 1. The van der Waals surface area contributed by atoms with Gasteiger partial charge in [-0.05, 0) is 23.3 Å². The van der Waals surface area contributed by atoms with E-state index in [-0.39, 0.29) is 12.2 Å². The van der Waals surface area contributed by atoms with Crippen LogP contribution < -0.4 is 5.32 Å². The first-order valence-corrected chi connectivity index (χ1v) is 7.61. The summed E-state index contributed by atoms with van der Waals surface area (Å²) in [5.41, 5.74) is -0.588. The highest BCUT2D eigenvalue weighted by Crippen LogP contribution is 2.29. The van der Waals surface area contributed by atoms with Crippen LogP contribution in [0.15, 0.2) is 48.7 Å². The number of aliphatic hydroxyl groups excluding tert-OH is 2. The third-order valence-electron chi connectivity index (χ3n) is 3.45. The van der Waals surface area contributed by atoms with E-state index < -0.39 is 36.7 Å². The average molecular weight is 370 g/mol. The summed E-state index contributed by atoms with van der Waals surface area (Å²) in [6.45, 7) is -0.386. The Kier molecular flexibility index (Phi) is 6.53. The van der Waals surface area contributed by atoms with Gasteiger partial charge in [-0.25, -0.2) is 4.79 Å². The van der Waals surface area contributed by atoms with Gasteiger partial charge in [0.05, 0.1) is 0 Å². The maximum atomic E-state index is 12.6. The highest BCUT2D eigenvalue weighted by atomic mass is 19.4. The summed E-state index contributed by atoms with van der Waals surface area (Å²) in [7, 11) is 0. The zero-order chi connectivity index (χ0) is 19.2. The Morgan fingerprint density at radius 1 is 1.19 bits per heavy atom. The van der Waals surface area contributed by atoms with Crippen molar-refractivity contribution in [2.45, 2.75) is 25.0 Å². The van der Waals surface area contributed by atoms with E-state index >= 15 is 0 Å². The Morgan fingerprint density at radius 3 is 2.54 bits per heavy atom. The van der Waals surface area contributed by atoms with E-state index in [1.165, 1.54) is 0 Å². The Labute approximate surface area is 147 Å². The molecular formula is C17H17F3N2O4. The van der Waals surface area contributed by atoms with Crippen molar-refractivity contribution in [1.29, 1.82) is 0 Å². The van der Waals surface area contributed by atoms with Gasteiger partial charge in [-0.1, -0.05) is 30.3 Å². The number of rotatable bonds is 6. The van der Waals surface area contributed by atoms with Crippen molar-refractivity contribution in [3.8, 4) is 0 Å². The highest BCUT2D eigenvalue weighted by Gasteiger charge is 2.33. The molecule has 3 N–H and O–H groups in total. The molecule has 1 amide bonds.